The zero-order chi connectivity index (χ0) is 57.9. The van der Waals surface area contributed by atoms with Crippen molar-refractivity contribution in [2.45, 2.75) is 166 Å². The van der Waals surface area contributed by atoms with Crippen LogP contribution in [0, 0.1) is 11.8 Å². The monoisotopic (exact) mass is 1100 g/mol. The molecule has 436 valence electrons. The molecule has 2 fully saturated rings. The van der Waals surface area contributed by atoms with Crippen LogP contribution in [-0.4, -0.2) is 169 Å². The fourth-order valence-corrected chi connectivity index (χ4v) is 9.10. The fraction of sp³-hybridized carbons (Fsp3) is 0.667. The van der Waals surface area contributed by atoms with E-state index in [1.165, 1.54) is 4.90 Å². The zero-order valence-electron chi connectivity index (χ0n) is 45.6. The van der Waals surface area contributed by atoms with E-state index in [0.717, 1.165) is 6.42 Å². The third-order valence-electron chi connectivity index (χ3n) is 13.3. The van der Waals surface area contributed by atoms with E-state index in [1.807, 2.05) is 13.8 Å². The molecule has 21 N–H and O–H groups in total. The lowest BCUT2D eigenvalue weighted by Gasteiger charge is -2.30. The molecule has 3 rings (SSSR count). The number of carbonyl (C=O) groups is 9. The Morgan fingerprint density at radius 1 is 0.628 bits per heavy atom. The number of likely N-dealkylation sites (tertiary alicyclic amines) is 1. The van der Waals surface area contributed by atoms with Crippen LogP contribution in [0.4, 0.5) is 0 Å². The summed E-state index contributed by atoms with van der Waals surface area (Å²) in [6.45, 7) is 7.55. The van der Waals surface area contributed by atoms with Gasteiger partial charge in [0, 0.05) is 26.1 Å². The lowest BCUT2D eigenvalue weighted by atomic mass is 9.98. The predicted molar refractivity (Wildman–Crippen MR) is 293 cm³/mol. The summed E-state index contributed by atoms with van der Waals surface area (Å²) in [6, 6.07) is -1.74. The van der Waals surface area contributed by atoms with Gasteiger partial charge in [-0.15, -0.1) is 0 Å². The second-order valence-electron chi connectivity index (χ2n) is 20.5. The molecule has 1 aromatic carbocycles. The maximum absolute atomic E-state index is 14.4. The van der Waals surface area contributed by atoms with Gasteiger partial charge in [-0.25, -0.2) is 0 Å². The lowest BCUT2D eigenvalue weighted by molar-refractivity contribution is -0.141. The third kappa shape index (κ3) is 22.5. The van der Waals surface area contributed by atoms with E-state index < -0.39 is 120 Å². The highest BCUT2D eigenvalue weighted by Gasteiger charge is 2.39. The standard InChI is InChI=1S/C51H87N17O10/c1-29(2)26-36(46(75)67-40(30(3)4)48(77)62-34(19-12-24-60-51(56)57)43(72)63-35(16-8-9-21-52)49(78)68-25-13-20-39(68)41(53)70)64-45(74)37(27-31-14-6-5-7-15-31)65-47(76)38(28-69)66-44(73)33(18-11-23-59-50(54)55)61-42(71)32-17-10-22-58-32/h5-7,14-15,29-30,32-40,58,69H,8-13,16-28,52H2,1-4H3,(H2,53,70)(H,61,71)(H,62,77)(H,63,72)(H,64,74)(H,65,76)(H,66,73)(H,67,75)(H4,54,55,59)(H4,56,57,60)/t32-,33-,34-,35-,36-,37-,38-,39-,40-/m0/s1. The molecule has 27 heteroatoms. The second kappa shape index (κ2) is 33.9. The molecule has 2 aliphatic rings. The first-order valence-corrected chi connectivity index (χ1v) is 27.0. The molecule has 2 saturated heterocycles. The van der Waals surface area contributed by atoms with Gasteiger partial charge in [0.2, 0.25) is 53.2 Å². The van der Waals surface area contributed by atoms with Gasteiger partial charge < -0.3 is 86.9 Å². The van der Waals surface area contributed by atoms with Gasteiger partial charge in [-0.3, -0.25) is 53.1 Å². The summed E-state index contributed by atoms with van der Waals surface area (Å²) in [5.41, 5.74) is 33.9. The smallest absolute Gasteiger partial charge is 0.245 e. The van der Waals surface area contributed by atoms with Crippen molar-refractivity contribution in [3.63, 3.8) is 0 Å². The molecule has 1 aromatic rings. The zero-order valence-corrected chi connectivity index (χ0v) is 45.6. The molecule has 0 unspecified atom stereocenters. The first-order chi connectivity index (χ1) is 37.1. The molecule has 9 amide bonds. The fourth-order valence-electron chi connectivity index (χ4n) is 9.10. The number of amides is 9. The van der Waals surface area contributed by atoms with Crippen molar-refractivity contribution in [1.29, 1.82) is 0 Å². The Labute approximate surface area is 456 Å². The number of primary amides is 1. The van der Waals surface area contributed by atoms with Crippen molar-refractivity contribution in [1.82, 2.24) is 47.4 Å². The number of nitrogens with zero attached hydrogens (tertiary/aromatic N) is 3. The summed E-state index contributed by atoms with van der Waals surface area (Å²) in [5, 5.41) is 32.4. The largest absolute Gasteiger partial charge is 0.394 e. The summed E-state index contributed by atoms with van der Waals surface area (Å²) >= 11 is 0. The predicted octanol–water partition coefficient (Wildman–Crippen LogP) is -4.22. The van der Waals surface area contributed by atoms with Crippen LogP contribution in [0.5, 0.6) is 0 Å². The molecular formula is C51H87N17O10. The van der Waals surface area contributed by atoms with Crippen molar-refractivity contribution < 1.29 is 48.3 Å². The first kappa shape index (κ1) is 65.2. The molecule has 27 nitrogen and oxygen atoms in total. The highest BCUT2D eigenvalue weighted by Crippen LogP contribution is 2.20. The second-order valence-corrected chi connectivity index (χ2v) is 20.5. The van der Waals surface area contributed by atoms with Crippen LogP contribution in [0.3, 0.4) is 0 Å². The van der Waals surface area contributed by atoms with E-state index in [-0.39, 0.29) is 82.4 Å². The SMILES string of the molecule is CC(C)C[C@H](NC(=O)[C@H](Cc1ccccc1)NC(=O)[C@H](CO)NC(=O)[C@H](CCCN=C(N)N)NC(=O)[C@@H]1CCCN1)C(=O)N[C@H](C(=O)N[C@@H](CCCN=C(N)N)C(=O)N[C@@H](CCCCN)C(=O)N1CCC[C@H]1C(N)=O)C(C)C. The van der Waals surface area contributed by atoms with Crippen LogP contribution in [0.25, 0.3) is 0 Å². The van der Waals surface area contributed by atoms with Crippen LogP contribution in [0.2, 0.25) is 0 Å². The van der Waals surface area contributed by atoms with Crippen molar-refractivity contribution in [3.05, 3.63) is 35.9 Å². The van der Waals surface area contributed by atoms with Crippen molar-refractivity contribution in [3.8, 4) is 0 Å². The minimum Gasteiger partial charge on any atom is -0.394 e. The molecule has 0 aromatic heterocycles. The maximum atomic E-state index is 14.4. The Morgan fingerprint density at radius 3 is 1.69 bits per heavy atom. The van der Waals surface area contributed by atoms with E-state index >= 15 is 0 Å². The number of unbranched alkanes of at least 4 members (excludes halogenated alkanes) is 1. The summed E-state index contributed by atoms with van der Waals surface area (Å²) in [5.74, 6) is -7.47. The average molecular weight is 1100 g/mol. The molecule has 9 atom stereocenters. The van der Waals surface area contributed by atoms with E-state index in [0.29, 0.717) is 50.8 Å². The number of carbonyl (C=O) groups excluding carboxylic acids is 9. The number of nitrogens with two attached hydrogens (primary N) is 6. The quantitative estimate of drug-likeness (QED) is 0.0177. The van der Waals surface area contributed by atoms with Gasteiger partial charge in [0.1, 0.15) is 48.3 Å². The topological polar surface area (TPSA) is 454 Å². The van der Waals surface area contributed by atoms with Crippen LogP contribution in [0.15, 0.2) is 40.3 Å². The van der Waals surface area contributed by atoms with Crippen LogP contribution in [-0.2, 0) is 49.6 Å². The van der Waals surface area contributed by atoms with Crippen LogP contribution >= 0.6 is 0 Å². The van der Waals surface area contributed by atoms with E-state index in [4.69, 9.17) is 34.4 Å². The summed E-state index contributed by atoms with van der Waals surface area (Å²) in [6.07, 6.45) is 3.99. The number of hydrogen-bond acceptors (Lipinski definition) is 14. The van der Waals surface area contributed by atoms with Crippen LogP contribution in [0.1, 0.15) is 110 Å². The molecule has 0 spiro atoms. The first-order valence-electron chi connectivity index (χ1n) is 27.0. The van der Waals surface area contributed by atoms with Crippen molar-refractivity contribution in [2.75, 3.05) is 39.3 Å². The number of hydrogen-bond donors (Lipinski definition) is 15. The highest BCUT2D eigenvalue weighted by molar-refractivity contribution is 5.98. The average Bonchev–Trinajstić information content (AvgIpc) is 4.13. The number of rotatable bonds is 34. The molecule has 0 bridgehead atoms. The van der Waals surface area contributed by atoms with Gasteiger partial charge in [0.05, 0.1) is 12.6 Å². The van der Waals surface area contributed by atoms with Gasteiger partial charge in [0.25, 0.3) is 0 Å². The van der Waals surface area contributed by atoms with Gasteiger partial charge in [-0.1, -0.05) is 58.0 Å². The molecule has 2 aliphatic heterocycles. The van der Waals surface area contributed by atoms with E-state index in [9.17, 15) is 48.3 Å². The molecule has 0 aliphatic carbocycles. The maximum Gasteiger partial charge on any atom is 0.245 e. The molecule has 0 radical (unpaired) electrons. The van der Waals surface area contributed by atoms with Crippen LogP contribution < -0.4 is 76.9 Å². The number of aliphatic hydroxyl groups excluding tert-OH is 1. The Balaban J connectivity index is 1.87. The number of guanidine groups is 2. The van der Waals surface area contributed by atoms with Crippen molar-refractivity contribution >= 4 is 65.1 Å². The minimum absolute atomic E-state index is 0.00179. The third-order valence-corrected chi connectivity index (χ3v) is 13.3. The molecule has 2 heterocycles. The lowest BCUT2D eigenvalue weighted by Crippen LogP contribution is -2.61. The minimum atomic E-state index is -1.59. The van der Waals surface area contributed by atoms with E-state index in [1.54, 1.807) is 44.2 Å². The Hall–Kier alpha value is -7.13. The summed E-state index contributed by atoms with van der Waals surface area (Å²) < 4.78 is 0. The number of nitrogens with one attached hydrogen (secondary N) is 8. The number of aliphatic hydroxyl groups is 1. The summed E-state index contributed by atoms with van der Waals surface area (Å²) in [7, 11) is 0. The Morgan fingerprint density at radius 2 is 1.15 bits per heavy atom. The van der Waals surface area contributed by atoms with Gasteiger partial charge in [-0.2, -0.15) is 0 Å². The number of benzene rings is 1. The highest BCUT2D eigenvalue weighted by atomic mass is 16.3. The molecule has 0 saturated carbocycles. The Bertz CT molecular complexity index is 2200. The summed E-state index contributed by atoms with van der Waals surface area (Å²) in [4.78, 5) is 134. The number of aliphatic imine (C=N–C) groups is 2. The van der Waals surface area contributed by atoms with E-state index in [2.05, 4.69) is 52.5 Å². The molecule has 78 heavy (non-hydrogen) atoms. The van der Waals surface area contributed by atoms with Gasteiger partial charge in [0.15, 0.2) is 11.9 Å². The molecular weight excluding hydrogens is 1010 g/mol. The van der Waals surface area contributed by atoms with Crippen molar-refractivity contribution in [2.24, 2.45) is 56.2 Å². The van der Waals surface area contributed by atoms with Gasteiger partial charge in [-0.05, 0) is 108 Å². The normalized spacial score (nSPS) is 17.7. The van der Waals surface area contributed by atoms with Gasteiger partial charge >= 0.3 is 0 Å². The Kier molecular flexibility index (Phi) is 28.3.